The Hall–Kier alpha value is -2.56. The highest BCUT2D eigenvalue weighted by Gasteiger charge is 2.00. The Morgan fingerprint density at radius 3 is 2.62 bits per heavy atom. The highest BCUT2D eigenvalue weighted by molar-refractivity contribution is 5.73. The molecule has 0 saturated carbocycles. The maximum atomic E-state index is 12.9. The molecule has 0 saturated heterocycles. The summed E-state index contributed by atoms with van der Waals surface area (Å²) in [6.45, 7) is 1.09. The molecular weight excluding hydrogens is 271 g/mol. The van der Waals surface area contributed by atoms with Crippen molar-refractivity contribution in [3.8, 4) is 5.75 Å². The molecule has 0 heterocycles. The van der Waals surface area contributed by atoms with Crippen LogP contribution in [0.15, 0.2) is 54.6 Å². The van der Waals surface area contributed by atoms with Crippen LogP contribution in [0.3, 0.4) is 0 Å². The van der Waals surface area contributed by atoms with Crippen LogP contribution in [-0.2, 0) is 6.54 Å². The minimum atomic E-state index is -0.346. The van der Waals surface area contributed by atoms with E-state index >= 15 is 0 Å². The predicted octanol–water partition coefficient (Wildman–Crippen LogP) is 2.70. The lowest BCUT2D eigenvalue weighted by molar-refractivity contribution is 0.236. The van der Waals surface area contributed by atoms with Crippen LogP contribution in [0.1, 0.15) is 5.56 Å². The van der Waals surface area contributed by atoms with Gasteiger partial charge in [-0.25, -0.2) is 9.18 Å². The lowest BCUT2D eigenvalue weighted by Crippen LogP contribution is -2.37. The Kier molecular flexibility index (Phi) is 5.58. The molecule has 2 aromatic carbocycles. The fraction of sp³-hybridized carbons (Fsp3) is 0.188. The normalized spacial score (nSPS) is 9.95. The zero-order chi connectivity index (χ0) is 14.9. The van der Waals surface area contributed by atoms with Gasteiger partial charge in [-0.2, -0.15) is 0 Å². The van der Waals surface area contributed by atoms with Gasteiger partial charge in [0.05, 0.1) is 6.54 Å². The minimum Gasteiger partial charge on any atom is -0.492 e. The van der Waals surface area contributed by atoms with E-state index in [4.69, 9.17) is 4.74 Å². The van der Waals surface area contributed by atoms with Gasteiger partial charge in [0.1, 0.15) is 18.2 Å². The minimum absolute atomic E-state index is 0.262. The second kappa shape index (κ2) is 7.89. The molecule has 0 spiro atoms. The van der Waals surface area contributed by atoms with Crippen LogP contribution in [-0.4, -0.2) is 19.2 Å². The van der Waals surface area contributed by atoms with Gasteiger partial charge >= 0.3 is 6.03 Å². The van der Waals surface area contributed by atoms with Crippen molar-refractivity contribution in [1.82, 2.24) is 10.6 Å². The van der Waals surface area contributed by atoms with Crippen LogP contribution in [0, 0.1) is 5.82 Å². The van der Waals surface area contributed by atoms with Gasteiger partial charge in [-0.3, -0.25) is 0 Å². The van der Waals surface area contributed by atoms with E-state index in [1.165, 1.54) is 12.1 Å². The molecule has 2 N–H and O–H groups in total. The zero-order valence-corrected chi connectivity index (χ0v) is 11.5. The van der Waals surface area contributed by atoms with Gasteiger partial charge in [0.15, 0.2) is 0 Å². The van der Waals surface area contributed by atoms with Gasteiger partial charge in [-0.05, 0) is 17.7 Å². The van der Waals surface area contributed by atoms with Gasteiger partial charge in [-0.15, -0.1) is 0 Å². The van der Waals surface area contributed by atoms with Gasteiger partial charge < -0.3 is 15.4 Å². The first kappa shape index (κ1) is 14.8. The van der Waals surface area contributed by atoms with E-state index in [2.05, 4.69) is 10.6 Å². The summed E-state index contributed by atoms with van der Waals surface area (Å²) in [7, 11) is 0. The van der Waals surface area contributed by atoms with Crippen LogP contribution in [0.5, 0.6) is 5.75 Å². The maximum Gasteiger partial charge on any atom is 0.315 e. The molecule has 0 aliphatic carbocycles. The molecule has 0 atom stereocenters. The highest BCUT2D eigenvalue weighted by Crippen LogP contribution is 2.11. The Labute approximate surface area is 122 Å². The second-order valence-electron chi connectivity index (χ2n) is 4.40. The predicted molar refractivity (Wildman–Crippen MR) is 78.6 cm³/mol. The van der Waals surface area contributed by atoms with Gasteiger partial charge in [0, 0.05) is 12.6 Å². The Balaban J connectivity index is 1.61. The zero-order valence-electron chi connectivity index (χ0n) is 11.5. The van der Waals surface area contributed by atoms with Gasteiger partial charge in [0.2, 0.25) is 0 Å². The summed E-state index contributed by atoms with van der Waals surface area (Å²) in [6.07, 6.45) is 0. The molecule has 0 aliphatic rings. The number of carbonyl (C=O) groups is 1. The highest BCUT2D eigenvalue weighted by atomic mass is 19.1. The first-order valence-corrected chi connectivity index (χ1v) is 6.68. The Morgan fingerprint density at radius 2 is 1.86 bits per heavy atom. The van der Waals surface area contributed by atoms with E-state index in [1.807, 2.05) is 30.3 Å². The summed E-state index contributed by atoms with van der Waals surface area (Å²) in [5, 5.41) is 5.41. The van der Waals surface area contributed by atoms with Crippen molar-refractivity contribution in [2.75, 3.05) is 13.2 Å². The largest absolute Gasteiger partial charge is 0.492 e. The summed E-state index contributed by atoms with van der Waals surface area (Å²) in [6, 6.07) is 15.3. The van der Waals surface area contributed by atoms with Crippen LogP contribution < -0.4 is 15.4 Å². The lowest BCUT2D eigenvalue weighted by atomic mass is 10.2. The third-order valence-electron chi connectivity index (χ3n) is 2.75. The molecule has 4 nitrogen and oxygen atoms in total. The molecule has 2 amide bonds. The molecule has 2 rings (SSSR count). The van der Waals surface area contributed by atoms with Crippen molar-refractivity contribution in [2.24, 2.45) is 0 Å². The third kappa shape index (κ3) is 5.52. The first-order valence-electron chi connectivity index (χ1n) is 6.68. The molecule has 5 heteroatoms. The Morgan fingerprint density at radius 1 is 1.05 bits per heavy atom. The van der Waals surface area contributed by atoms with Crippen molar-refractivity contribution < 1.29 is 13.9 Å². The lowest BCUT2D eigenvalue weighted by Gasteiger charge is -2.09. The van der Waals surface area contributed by atoms with E-state index < -0.39 is 0 Å². The number of halogens is 1. The first-order chi connectivity index (χ1) is 10.2. The molecule has 0 unspecified atom stereocenters. The monoisotopic (exact) mass is 288 g/mol. The Bertz CT molecular complexity index is 575. The van der Waals surface area contributed by atoms with E-state index in [-0.39, 0.29) is 18.5 Å². The van der Waals surface area contributed by atoms with Crippen molar-refractivity contribution in [1.29, 1.82) is 0 Å². The number of carbonyl (C=O) groups excluding carboxylic acids is 1. The number of nitrogens with one attached hydrogen (secondary N) is 2. The van der Waals surface area contributed by atoms with E-state index in [0.717, 1.165) is 5.56 Å². The van der Waals surface area contributed by atoms with Crippen molar-refractivity contribution >= 4 is 6.03 Å². The van der Waals surface area contributed by atoms with E-state index in [0.29, 0.717) is 18.8 Å². The number of benzene rings is 2. The average Bonchev–Trinajstić information content (AvgIpc) is 2.51. The molecule has 0 radical (unpaired) electrons. The molecule has 2 aromatic rings. The molecule has 0 bridgehead atoms. The summed E-state index contributed by atoms with van der Waals surface area (Å²) < 4.78 is 18.2. The molecule has 0 aromatic heterocycles. The van der Waals surface area contributed by atoms with E-state index in [9.17, 15) is 9.18 Å². The fourth-order valence-corrected chi connectivity index (χ4v) is 1.73. The molecular formula is C16H17FN2O2. The number of ether oxygens (including phenoxy) is 1. The number of hydrogen-bond acceptors (Lipinski definition) is 2. The fourth-order valence-electron chi connectivity index (χ4n) is 1.73. The standard InChI is InChI=1S/C16H17FN2O2/c17-14-7-4-8-15(11-14)21-10-9-18-16(20)19-12-13-5-2-1-3-6-13/h1-8,11H,9-10,12H2,(H2,18,19,20). The van der Waals surface area contributed by atoms with Crippen molar-refractivity contribution in [3.63, 3.8) is 0 Å². The van der Waals surface area contributed by atoms with Gasteiger partial charge in [-0.1, -0.05) is 36.4 Å². The smallest absolute Gasteiger partial charge is 0.315 e. The van der Waals surface area contributed by atoms with Crippen molar-refractivity contribution in [2.45, 2.75) is 6.54 Å². The van der Waals surface area contributed by atoms with Crippen LogP contribution in [0.4, 0.5) is 9.18 Å². The second-order valence-corrected chi connectivity index (χ2v) is 4.40. The summed E-state index contributed by atoms with van der Waals surface area (Å²) in [4.78, 5) is 11.5. The number of rotatable bonds is 6. The SMILES string of the molecule is O=C(NCCOc1cccc(F)c1)NCc1ccccc1. The average molecular weight is 288 g/mol. The summed E-state index contributed by atoms with van der Waals surface area (Å²) in [5.41, 5.74) is 1.03. The molecule has 21 heavy (non-hydrogen) atoms. The topological polar surface area (TPSA) is 50.4 Å². The number of hydrogen-bond donors (Lipinski definition) is 2. The van der Waals surface area contributed by atoms with Crippen LogP contribution in [0.2, 0.25) is 0 Å². The maximum absolute atomic E-state index is 12.9. The van der Waals surface area contributed by atoms with E-state index in [1.54, 1.807) is 12.1 Å². The molecule has 0 aliphatic heterocycles. The van der Waals surface area contributed by atoms with Crippen LogP contribution >= 0.6 is 0 Å². The van der Waals surface area contributed by atoms with Crippen molar-refractivity contribution in [3.05, 3.63) is 66.0 Å². The van der Waals surface area contributed by atoms with Crippen LogP contribution in [0.25, 0.3) is 0 Å². The molecule has 110 valence electrons. The molecule has 0 fully saturated rings. The third-order valence-corrected chi connectivity index (χ3v) is 2.75. The number of amides is 2. The van der Waals surface area contributed by atoms with Gasteiger partial charge in [0.25, 0.3) is 0 Å². The quantitative estimate of drug-likeness (QED) is 0.803. The summed E-state index contributed by atoms with van der Waals surface area (Å²) in [5.74, 6) is 0.0996. The summed E-state index contributed by atoms with van der Waals surface area (Å²) >= 11 is 0. The number of urea groups is 1.